The fourth-order valence-corrected chi connectivity index (χ4v) is 3.39. The van der Waals surface area contributed by atoms with E-state index in [2.05, 4.69) is 14.7 Å². The Labute approximate surface area is 137 Å². The van der Waals surface area contributed by atoms with E-state index in [1.807, 2.05) is 18.2 Å². The van der Waals surface area contributed by atoms with Gasteiger partial charge in [-0.2, -0.15) is 0 Å². The Bertz CT molecular complexity index is 997. The van der Waals surface area contributed by atoms with Crippen LogP contribution in [0.25, 0.3) is 11.0 Å². The summed E-state index contributed by atoms with van der Waals surface area (Å²) >= 11 is 0. The Balaban J connectivity index is 1.68. The second-order valence-electron chi connectivity index (χ2n) is 5.16. The van der Waals surface area contributed by atoms with Crippen molar-refractivity contribution < 1.29 is 13.3 Å². The number of sulfonamides is 1. The van der Waals surface area contributed by atoms with E-state index >= 15 is 0 Å². The number of nitrogens with one attached hydrogen (secondary N) is 2. The molecule has 0 atom stereocenters. The molecule has 2 aromatic carbocycles. The summed E-state index contributed by atoms with van der Waals surface area (Å²) in [6.07, 6.45) is 2.09. The molecule has 24 heavy (non-hydrogen) atoms. The molecule has 0 amide bonds. The van der Waals surface area contributed by atoms with Gasteiger partial charge in [0.1, 0.15) is 0 Å². The van der Waals surface area contributed by atoms with Crippen LogP contribution in [0.2, 0.25) is 0 Å². The summed E-state index contributed by atoms with van der Waals surface area (Å²) in [6.45, 7) is 0.185. The second-order valence-corrected chi connectivity index (χ2v) is 6.92. The summed E-state index contributed by atoms with van der Waals surface area (Å²) in [7, 11) is -3.79. The molecule has 124 valence electrons. The van der Waals surface area contributed by atoms with Gasteiger partial charge in [0.2, 0.25) is 10.0 Å². The zero-order chi connectivity index (χ0) is 17.2. The zero-order valence-electron chi connectivity index (χ0n) is 12.5. The number of aromatic amines is 1. The molecule has 9 heteroatoms. The lowest BCUT2D eigenvalue weighted by atomic mass is 10.1. The maximum absolute atomic E-state index is 12.2. The summed E-state index contributed by atoms with van der Waals surface area (Å²) in [5, 5.41) is 10.7. The number of nitrogens with zero attached hydrogens (tertiary/aromatic N) is 2. The number of imidazole rings is 1. The van der Waals surface area contributed by atoms with Gasteiger partial charge >= 0.3 is 0 Å². The van der Waals surface area contributed by atoms with Gasteiger partial charge in [0.25, 0.3) is 5.69 Å². The molecule has 0 unspecified atom stereocenters. The van der Waals surface area contributed by atoms with Crippen LogP contribution in [0.15, 0.2) is 53.7 Å². The van der Waals surface area contributed by atoms with Crippen LogP contribution in [0.4, 0.5) is 5.69 Å². The molecule has 0 fully saturated rings. The van der Waals surface area contributed by atoms with Crippen LogP contribution in [0.1, 0.15) is 5.56 Å². The van der Waals surface area contributed by atoms with Gasteiger partial charge < -0.3 is 4.98 Å². The number of rotatable bonds is 6. The highest BCUT2D eigenvalue weighted by Crippen LogP contribution is 2.17. The van der Waals surface area contributed by atoms with Crippen LogP contribution in [0, 0.1) is 10.1 Å². The van der Waals surface area contributed by atoms with Crippen molar-refractivity contribution >= 4 is 26.7 Å². The largest absolute Gasteiger partial charge is 0.345 e. The molecule has 1 aromatic heterocycles. The highest BCUT2D eigenvalue weighted by atomic mass is 32.2. The van der Waals surface area contributed by atoms with E-state index in [0.29, 0.717) is 6.42 Å². The molecule has 8 nitrogen and oxygen atoms in total. The summed E-state index contributed by atoms with van der Waals surface area (Å²) in [4.78, 5) is 17.1. The molecule has 0 aliphatic carbocycles. The predicted octanol–water partition coefficient (Wildman–Crippen LogP) is 1.99. The van der Waals surface area contributed by atoms with Crippen molar-refractivity contribution in [2.45, 2.75) is 11.3 Å². The molecule has 0 aliphatic heterocycles. The number of benzene rings is 2. The van der Waals surface area contributed by atoms with Crippen molar-refractivity contribution in [1.82, 2.24) is 14.7 Å². The lowest BCUT2D eigenvalue weighted by Crippen LogP contribution is -2.26. The van der Waals surface area contributed by atoms with E-state index < -0.39 is 14.9 Å². The van der Waals surface area contributed by atoms with Crippen molar-refractivity contribution in [3.05, 3.63) is 64.5 Å². The first kappa shape index (κ1) is 16.1. The van der Waals surface area contributed by atoms with E-state index in [-0.39, 0.29) is 17.1 Å². The summed E-state index contributed by atoms with van der Waals surface area (Å²) in [5.74, 6) is 0. The molecular weight excluding hydrogens is 332 g/mol. The van der Waals surface area contributed by atoms with Gasteiger partial charge in [-0.15, -0.1) is 0 Å². The molecule has 0 saturated carbocycles. The van der Waals surface area contributed by atoms with Crippen LogP contribution >= 0.6 is 0 Å². The number of hydrogen-bond donors (Lipinski definition) is 2. The minimum Gasteiger partial charge on any atom is -0.345 e. The Morgan fingerprint density at radius 3 is 2.83 bits per heavy atom. The Kier molecular flexibility index (Phi) is 4.28. The SMILES string of the molecule is O=[N+]([O-])c1cccc(S(=O)(=O)NCCc2ccc3nc[nH]c3c2)c1. The van der Waals surface area contributed by atoms with Crippen LogP contribution in [0.3, 0.4) is 0 Å². The average Bonchev–Trinajstić information content (AvgIpc) is 3.02. The molecular formula is C15H14N4O4S. The molecule has 0 radical (unpaired) electrons. The summed E-state index contributed by atoms with van der Waals surface area (Å²) < 4.78 is 26.9. The average molecular weight is 346 g/mol. The van der Waals surface area contributed by atoms with Crippen molar-refractivity contribution in [3.63, 3.8) is 0 Å². The van der Waals surface area contributed by atoms with Gasteiger partial charge in [0.15, 0.2) is 0 Å². The Hall–Kier alpha value is -2.78. The van der Waals surface area contributed by atoms with Gasteiger partial charge in [-0.05, 0) is 30.2 Å². The first-order valence-electron chi connectivity index (χ1n) is 7.12. The summed E-state index contributed by atoms with van der Waals surface area (Å²) in [6, 6.07) is 10.6. The standard InChI is InChI=1S/C15H14N4O4S/c20-19(21)12-2-1-3-13(9-12)24(22,23)18-7-6-11-4-5-14-15(8-11)17-10-16-14/h1-5,8-10,18H,6-7H2,(H,16,17). The monoisotopic (exact) mass is 346 g/mol. The minimum absolute atomic E-state index is 0.124. The highest BCUT2D eigenvalue weighted by molar-refractivity contribution is 7.89. The smallest absolute Gasteiger partial charge is 0.270 e. The number of hydrogen-bond acceptors (Lipinski definition) is 5. The second kappa shape index (κ2) is 6.38. The normalized spacial score (nSPS) is 11.7. The van der Waals surface area contributed by atoms with E-state index in [0.717, 1.165) is 22.7 Å². The van der Waals surface area contributed by atoms with Gasteiger partial charge in [0, 0.05) is 18.7 Å². The van der Waals surface area contributed by atoms with Crippen molar-refractivity contribution in [2.75, 3.05) is 6.54 Å². The maximum Gasteiger partial charge on any atom is 0.270 e. The number of nitro groups is 1. The zero-order valence-corrected chi connectivity index (χ0v) is 13.3. The third kappa shape index (κ3) is 3.42. The third-order valence-corrected chi connectivity index (χ3v) is 4.99. The topological polar surface area (TPSA) is 118 Å². The van der Waals surface area contributed by atoms with Gasteiger partial charge in [-0.25, -0.2) is 18.1 Å². The molecule has 0 spiro atoms. The van der Waals surface area contributed by atoms with Crippen molar-refractivity contribution in [2.24, 2.45) is 0 Å². The fourth-order valence-electron chi connectivity index (χ4n) is 2.32. The van der Waals surface area contributed by atoms with Gasteiger partial charge in [-0.3, -0.25) is 10.1 Å². The Morgan fingerprint density at radius 2 is 2.04 bits per heavy atom. The van der Waals surface area contributed by atoms with Crippen molar-refractivity contribution in [3.8, 4) is 0 Å². The number of aromatic nitrogens is 2. The number of non-ortho nitro benzene ring substituents is 1. The predicted molar refractivity (Wildman–Crippen MR) is 88.1 cm³/mol. The molecule has 0 aliphatic rings. The third-order valence-electron chi connectivity index (χ3n) is 3.53. The van der Waals surface area contributed by atoms with Crippen LogP contribution in [-0.2, 0) is 16.4 Å². The van der Waals surface area contributed by atoms with Crippen LogP contribution in [-0.4, -0.2) is 29.9 Å². The van der Waals surface area contributed by atoms with Crippen LogP contribution in [0.5, 0.6) is 0 Å². The summed E-state index contributed by atoms with van der Waals surface area (Å²) in [5.41, 5.74) is 2.42. The van der Waals surface area contributed by atoms with E-state index in [1.165, 1.54) is 18.2 Å². The van der Waals surface area contributed by atoms with E-state index in [4.69, 9.17) is 0 Å². The maximum atomic E-state index is 12.2. The van der Waals surface area contributed by atoms with E-state index in [9.17, 15) is 18.5 Å². The highest BCUT2D eigenvalue weighted by Gasteiger charge is 2.17. The lowest BCUT2D eigenvalue weighted by molar-refractivity contribution is -0.385. The Morgan fingerprint density at radius 1 is 1.21 bits per heavy atom. The van der Waals surface area contributed by atoms with Gasteiger partial charge in [0.05, 0.1) is 27.2 Å². The first-order chi connectivity index (χ1) is 11.5. The molecule has 0 bridgehead atoms. The number of fused-ring (bicyclic) bond motifs is 1. The van der Waals surface area contributed by atoms with E-state index in [1.54, 1.807) is 6.33 Å². The number of H-pyrrole nitrogens is 1. The molecule has 3 rings (SSSR count). The molecule has 3 aromatic rings. The van der Waals surface area contributed by atoms with Crippen LogP contribution < -0.4 is 4.72 Å². The molecule has 0 saturated heterocycles. The lowest BCUT2D eigenvalue weighted by Gasteiger charge is -2.07. The minimum atomic E-state index is -3.79. The first-order valence-corrected chi connectivity index (χ1v) is 8.60. The van der Waals surface area contributed by atoms with Crippen molar-refractivity contribution in [1.29, 1.82) is 0 Å². The fraction of sp³-hybridized carbons (Fsp3) is 0.133. The number of nitro benzene ring substituents is 1. The molecule has 1 heterocycles. The molecule has 2 N–H and O–H groups in total. The quantitative estimate of drug-likeness (QED) is 0.523. The van der Waals surface area contributed by atoms with Gasteiger partial charge in [-0.1, -0.05) is 12.1 Å².